The van der Waals surface area contributed by atoms with Crippen LogP contribution in [0.25, 0.3) is 20.2 Å². The van der Waals surface area contributed by atoms with Crippen LogP contribution in [0, 0.1) is 0 Å². The number of benzene rings is 2. The minimum Gasteiger partial charge on any atom is -0.506 e. The van der Waals surface area contributed by atoms with Crippen LogP contribution in [0.3, 0.4) is 0 Å². The van der Waals surface area contributed by atoms with Crippen molar-refractivity contribution in [3.8, 4) is 5.75 Å². The molecule has 0 amide bonds. The van der Waals surface area contributed by atoms with E-state index in [9.17, 15) is 9.90 Å². The number of fused-ring (bicyclic) bond motifs is 2. The van der Waals surface area contributed by atoms with E-state index < -0.39 is 0 Å². The van der Waals surface area contributed by atoms with Gasteiger partial charge in [0, 0.05) is 14.8 Å². The van der Waals surface area contributed by atoms with Crippen molar-refractivity contribution in [1.29, 1.82) is 0 Å². The lowest BCUT2D eigenvalue weighted by atomic mass is 10.1. The molecule has 0 unspecified atom stereocenters. The standard InChI is InChI=1S/C13H7ClO2S/c14-8-5-6-10-11(13(8)16)12(15)7-3-1-2-4-9(7)17-10/h1-6,16H. The van der Waals surface area contributed by atoms with Gasteiger partial charge < -0.3 is 5.11 Å². The van der Waals surface area contributed by atoms with Crippen LogP contribution in [-0.2, 0) is 0 Å². The molecule has 0 aliphatic heterocycles. The van der Waals surface area contributed by atoms with Gasteiger partial charge in [0.15, 0.2) is 5.43 Å². The van der Waals surface area contributed by atoms with Crippen molar-refractivity contribution in [1.82, 2.24) is 0 Å². The average molecular weight is 263 g/mol. The molecule has 1 aromatic heterocycles. The van der Waals surface area contributed by atoms with Crippen LogP contribution < -0.4 is 5.43 Å². The van der Waals surface area contributed by atoms with Gasteiger partial charge >= 0.3 is 0 Å². The molecule has 4 heteroatoms. The maximum absolute atomic E-state index is 12.2. The molecule has 0 spiro atoms. The summed E-state index contributed by atoms with van der Waals surface area (Å²) >= 11 is 7.30. The largest absolute Gasteiger partial charge is 0.506 e. The van der Waals surface area contributed by atoms with Gasteiger partial charge in [0.05, 0.1) is 10.4 Å². The first-order chi connectivity index (χ1) is 8.18. The Hall–Kier alpha value is -1.58. The van der Waals surface area contributed by atoms with Crippen LogP contribution in [0.2, 0.25) is 5.02 Å². The SMILES string of the molecule is O=c1c2ccccc2sc2ccc(Cl)c(O)c12. The minimum atomic E-state index is -0.172. The molecule has 2 aromatic carbocycles. The first-order valence-corrected chi connectivity index (χ1v) is 6.21. The smallest absolute Gasteiger partial charge is 0.199 e. The molecule has 0 saturated carbocycles. The van der Waals surface area contributed by atoms with E-state index in [1.807, 2.05) is 18.2 Å². The number of hydrogen-bond donors (Lipinski definition) is 1. The Balaban J connectivity index is 2.66. The molecule has 84 valence electrons. The van der Waals surface area contributed by atoms with Crippen LogP contribution in [0.1, 0.15) is 0 Å². The van der Waals surface area contributed by atoms with Gasteiger partial charge in [-0.3, -0.25) is 4.79 Å². The van der Waals surface area contributed by atoms with Crippen LogP contribution in [0.15, 0.2) is 41.2 Å². The van der Waals surface area contributed by atoms with E-state index >= 15 is 0 Å². The maximum Gasteiger partial charge on any atom is 0.199 e. The Bertz CT molecular complexity index is 792. The molecule has 0 aliphatic rings. The molecule has 0 saturated heterocycles. The van der Waals surface area contributed by atoms with Gasteiger partial charge in [-0.25, -0.2) is 0 Å². The number of phenols is 1. The van der Waals surface area contributed by atoms with Crippen molar-refractivity contribution in [3.63, 3.8) is 0 Å². The molecule has 1 heterocycles. The number of halogens is 1. The third kappa shape index (κ3) is 1.51. The zero-order valence-corrected chi connectivity index (χ0v) is 10.2. The van der Waals surface area contributed by atoms with Crippen LogP contribution in [0.4, 0.5) is 0 Å². The summed E-state index contributed by atoms with van der Waals surface area (Å²) in [6.45, 7) is 0. The number of hydrogen-bond acceptors (Lipinski definition) is 3. The lowest BCUT2D eigenvalue weighted by Gasteiger charge is -2.03. The van der Waals surface area contributed by atoms with Gasteiger partial charge in [-0.15, -0.1) is 11.3 Å². The van der Waals surface area contributed by atoms with E-state index in [1.54, 1.807) is 18.2 Å². The van der Waals surface area contributed by atoms with Crippen molar-refractivity contribution in [3.05, 3.63) is 51.6 Å². The van der Waals surface area contributed by atoms with Gasteiger partial charge in [-0.2, -0.15) is 0 Å². The lowest BCUT2D eigenvalue weighted by molar-refractivity contribution is 0.482. The van der Waals surface area contributed by atoms with Crippen LogP contribution >= 0.6 is 22.9 Å². The first kappa shape index (κ1) is 10.6. The molecule has 0 aliphatic carbocycles. The summed E-state index contributed by atoms with van der Waals surface area (Å²) in [6.07, 6.45) is 0. The molecule has 3 aromatic rings. The summed E-state index contributed by atoms with van der Waals surface area (Å²) in [6, 6.07) is 10.7. The van der Waals surface area contributed by atoms with E-state index in [1.165, 1.54) is 11.3 Å². The van der Waals surface area contributed by atoms with E-state index in [0.717, 1.165) is 9.40 Å². The second kappa shape index (κ2) is 3.72. The Morgan fingerprint density at radius 1 is 1.06 bits per heavy atom. The zero-order chi connectivity index (χ0) is 12.0. The van der Waals surface area contributed by atoms with Gasteiger partial charge in [-0.1, -0.05) is 23.7 Å². The highest BCUT2D eigenvalue weighted by atomic mass is 35.5. The maximum atomic E-state index is 12.2. The van der Waals surface area contributed by atoms with Crippen molar-refractivity contribution in [2.45, 2.75) is 0 Å². The minimum absolute atomic E-state index is 0.129. The monoisotopic (exact) mass is 262 g/mol. The Kier molecular flexibility index (Phi) is 2.31. The summed E-state index contributed by atoms with van der Waals surface area (Å²) in [4.78, 5) is 12.2. The van der Waals surface area contributed by atoms with Crippen LogP contribution in [0.5, 0.6) is 5.75 Å². The summed E-state index contributed by atoms with van der Waals surface area (Å²) in [7, 11) is 0. The summed E-state index contributed by atoms with van der Waals surface area (Å²) < 4.78 is 1.65. The van der Waals surface area contributed by atoms with Gasteiger partial charge in [0.25, 0.3) is 0 Å². The Morgan fingerprint density at radius 3 is 2.65 bits per heavy atom. The van der Waals surface area contributed by atoms with E-state index in [2.05, 4.69) is 0 Å². The summed E-state index contributed by atoms with van der Waals surface area (Å²) in [5, 5.41) is 11.0. The van der Waals surface area contributed by atoms with Crippen molar-refractivity contribution in [2.24, 2.45) is 0 Å². The second-order valence-electron chi connectivity index (χ2n) is 3.70. The van der Waals surface area contributed by atoms with Gasteiger partial charge in [0.1, 0.15) is 5.75 Å². The molecular weight excluding hydrogens is 256 g/mol. The lowest BCUT2D eigenvalue weighted by Crippen LogP contribution is -2.01. The van der Waals surface area contributed by atoms with Crippen molar-refractivity contribution < 1.29 is 5.11 Å². The molecule has 3 rings (SSSR count). The molecule has 1 N–H and O–H groups in total. The third-order valence-corrected chi connectivity index (χ3v) is 4.11. The zero-order valence-electron chi connectivity index (χ0n) is 8.61. The Morgan fingerprint density at radius 2 is 1.82 bits per heavy atom. The highest BCUT2D eigenvalue weighted by Crippen LogP contribution is 2.34. The molecule has 0 fully saturated rings. The number of rotatable bonds is 0. The van der Waals surface area contributed by atoms with Crippen LogP contribution in [-0.4, -0.2) is 5.11 Å². The first-order valence-electron chi connectivity index (χ1n) is 5.01. The predicted molar refractivity (Wildman–Crippen MR) is 72.3 cm³/mol. The molecular formula is C13H7ClO2S. The quantitative estimate of drug-likeness (QED) is 0.626. The normalized spacial score (nSPS) is 11.1. The van der Waals surface area contributed by atoms with Crippen molar-refractivity contribution in [2.75, 3.05) is 0 Å². The average Bonchev–Trinajstić information content (AvgIpc) is 2.34. The summed E-state index contributed by atoms with van der Waals surface area (Å²) in [5.41, 5.74) is -0.172. The highest BCUT2D eigenvalue weighted by Gasteiger charge is 2.11. The van der Waals surface area contributed by atoms with E-state index in [0.29, 0.717) is 10.8 Å². The molecule has 0 radical (unpaired) electrons. The topological polar surface area (TPSA) is 37.3 Å². The Labute approximate surface area is 106 Å². The number of aromatic hydroxyl groups is 1. The predicted octanol–water partition coefficient (Wildman–Crippen LogP) is 3.77. The molecule has 0 atom stereocenters. The fraction of sp³-hybridized carbons (Fsp3) is 0. The van der Waals surface area contributed by atoms with Crippen molar-refractivity contribution >= 4 is 43.1 Å². The van der Waals surface area contributed by atoms with Gasteiger partial charge in [-0.05, 0) is 24.3 Å². The molecule has 17 heavy (non-hydrogen) atoms. The fourth-order valence-electron chi connectivity index (χ4n) is 1.85. The number of phenolic OH excluding ortho intramolecular Hbond substituents is 1. The van der Waals surface area contributed by atoms with E-state index in [4.69, 9.17) is 11.6 Å². The summed E-state index contributed by atoms with van der Waals surface area (Å²) in [5.74, 6) is -0.129. The highest BCUT2D eigenvalue weighted by molar-refractivity contribution is 7.24. The second-order valence-corrected chi connectivity index (χ2v) is 5.19. The van der Waals surface area contributed by atoms with E-state index in [-0.39, 0.29) is 16.2 Å². The molecule has 2 nitrogen and oxygen atoms in total. The van der Waals surface area contributed by atoms with Gasteiger partial charge in [0.2, 0.25) is 0 Å². The molecule has 0 bridgehead atoms. The third-order valence-electron chi connectivity index (χ3n) is 2.67. The fourth-order valence-corrected chi connectivity index (χ4v) is 3.09.